The molecule has 6 heteroatoms. The summed E-state index contributed by atoms with van der Waals surface area (Å²) in [7, 11) is 0. The van der Waals surface area contributed by atoms with Crippen molar-refractivity contribution in [2.24, 2.45) is 28.6 Å². The maximum Gasteiger partial charge on any atom is 0.317 e. The molecule has 0 heterocycles. The van der Waals surface area contributed by atoms with Gasteiger partial charge in [-0.15, -0.1) is 0 Å². The summed E-state index contributed by atoms with van der Waals surface area (Å²) in [6.07, 6.45) is 5.00. The minimum Gasteiger partial charge on any atom is -0.450 e. The highest BCUT2D eigenvalue weighted by molar-refractivity contribution is 9.09. The van der Waals surface area contributed by atoms with Gasteiger partial charge in [0.25, 0.3) is 0 Å². The fraction of sp³-hybridized carbons (Fsp3) is 0.783. The molecule has 29 heavy (non-hydrogen) atoms. The summed E-state index contributed by atoms with van der Waals surface area (Å²) in [5.74, 6) is 0.113. The van der Waals surface area contributed by atoms with Crippen molar-refractivity contribution in [3.63, 3.8) is 0 Å². The minimum atomic E-state index is -1.11. The number of hydrogen-bond acceptors (Lipinski definition) is 4. The second-order valence-electron chi connectivity index (χ2n) is 10.0. The smallest absolute Gasteiger partial charge is 0.317 e. The minimum absolute atomic E-state index is 0.0392. The zero-order valence-electron chi connectivity index (χ0n) is 17.4. The van der Waals surface area contributed by atoms with Gasteiger partial charge >= 0.3 is 5.97 Å². The van der Waals surface area contributed by atoms with Crippen LogP contribution >= 0.6 is 15.9 Å². The number of Topliss-reactive ketones (excluding diaryl/α,β-unsaturated/α-hetero) is 1. The van der Waals surface area contributed by atoms with E-state index in [1.54, 1.807) is 6.08 Å². The van der Waals surface area contributed by atoms with Gasteiger partial charge in [0.1, 0.15) is 11.5 Å². The van der Waals surface area contributed by atoms with Crippen molar-refractivity contribution < 1.29 is 23.5 Å². The lowest BCUT2D eigenvalue weighted by molar-refractivity contribution is -0.187. The van der Waals surface area contributed by atoms with Crippen LogP contribution in [-0.4, -0.2) is 34.6 Å². The third kappa shape index (κ3) is 2.84. The Labute approximate surface area is 180 Å². The molecule has 4 aliphatic carbocycles. The fourth-order valence-electron chi connectivity index (χ4n) is 7.60. The number of allylic oxidation sites excluding steroid dienone is 1. The molecule has 0 spiro atoms. The Morgan fingerprint density at radius 1 is 1.21 bits per heavy atom. The Balaban J connectivity index is 1.72. The normalized spacial score (nSPS) is 46.2. The molecule has 0 aromatic carbocycles. The van der Waals surface area contributed by atoms with Crippen LogP contribution in [0.4, 0.5) is 4.39 Å². The molecule has 0 N–H and O–H groups in total. The van der Waals surface area contributed by atoms with Gasteiger partial charge in [-0.25, -0.2) is 4.39 Å². The second kappa shape index (κ2) is 7.00. The quantitative estimate of drug-likeness (QED) is 0.443. The molecule has 0 saturated heterocycles. The van der Waals surface area contributed by atoms with E-state index in [9.17, 15) is 14.4 Å². The Morgan fingerprint density at radius 3 is 2.55 bits per heavy atom. The fourth-order valence-corrected chi connectivity index (χ4v) is 7.71. The molecule has 3 saturated carbocycles. The van der Waals surface area contributed by atoms with E-state index in [4.69, 9.17) is 4.74 Å². The molecule has 0 aliphatic heterocycles. The highest BCUT2D eigenvalue weighted by atomic mass is 79.9. The highest BCUT2D eigenvalue weighted by Crippen LogP contribution is 2.68. The SMILES string of the molecule is CC(=O)[C@@]1(OC(=O)CBr)CC[C@H]2[C@@H]3C[C@H](F)C4=CC(=O)CC[C@]4(C)[C@H]3CC[C@@]21C. The lowest BCUT2D eigenvalue weighted by Gasteiger charge is -2.59. The first-order chi connectivity index (χ1) is 13.6. The first kappa shape index (κ1) is 21.2. The van der Waals surface area contributed by atoms with Crippen LogP contribution in [-0.2, 0) is 19.1 Å². The van der Waals surface area contributed by atoms with E-state index < -0.39 is 23.2 Å². The summed E-state index contributed by atoms with van der Waals surface area (Å²) in [6, 6.07) is 0. The lowest BCUT2D eigenvalue weighted by Crippen LogP contribution is -2.59. The van der Waals surface area contributed by atoms with Crippen LogP contribution in [0.3, 0.4) is 0 Å². The van der Waals surface area contributed by atoms with Crippen molar-refractivity contribution in [2.75, 3.05) is 5.33 Å². The highest BCUT2D eigenvalue weighted by Gasteiger charge is 2.68. The number of esters is 1. The first-order valence-corrected chi connectivity index (χ1v) is 11.9. The van der Waals surface area contributed by atoms with Gasteiger partial charge in [-0.05, 0) is 80.3 Å². The molecule has 3 fully saturated rings. The summed E-state index contributed by atoms with van der Waals surface area (Å²) < 4.78 is 21.2. The van der Waals surface area contributed by atoms with Gasteiger partial charge in [0.05, 0.1) is 0 Å². The van der Waals surface area contributed by atoms with Gasteiger partial charge in [-0.2, -0.15) is 0 Å². The molecule has 7 atom stereocenters. The summed E-state index contributed by atoms with van der Waals surface area (Å²) in [5, 5.41) is 0.0572. The standard InChI is InChI=1S/C23H30BrFO4/c1-13(26)23(29-20(28)12-24)9-6-17-15-11-19(25)18-10-14(27)4-7-21(18,2)16(15)5-8-22(17,23)3/h10,15-17,19H,4-9,11-12H2,1-3H3/t15-,16+,17+,19+,21-,22+,23+/m1/s1. The Morgan fingerprint density at radius 2 is 1.90 bits per heavy atom. The van der Waals surface area contributed by atoms with E-state index >= 15 is 4.39 Å². The molecule has 160 valence electrons. The summed E-state index contributed by atoms with van der Waals surface area (Å²) in [5.41, 5.74) is -1.18. The van der Waals surface area contributed by atoms with Crippen LogP contribution in [0.2, 0.25) is 0 Å². The zero-order valence-corrected chi connectivity index (χ0v) is 19.0. The number of alkyl halides is 2. The van der Waals surface area contributed by atoms with Gasteiger partial charge in [0.15, 0.2) is 17.2 Å². The van der Waals surface area contributed by atoms with Crippen LogP contribution < -0.4 is 0 Å². The van der Waals surface area contributed by atoms with E-state index in [1.165, 1.54) is 6.92 Å². The summed E-state index contributed by atoms with van der Waals surface area (Å²) in [6.45, 7) is 5.74. The van der Waals surface area contributed by atoms with E-state index in [0.717, 1.165) is 19.3 Å². The molecule has 0 bridgehead atoms. The van der Waals surface area contributed by atoms with Crippen LogP contribution in [0.25, 0.3) is 0 Å². The number of fused-ring (bicyclic) bond motifs is 5. The van der Waals surface area contributed by atoms with Crippen LogP contribution in [0.5, 0.6) is 0 Å². The monoisotopic (exact) mass is 468 g/mol. The van der Waals surface area contributed by atoms with E-state index in [2.05, 4.69) is 29.8 Å². The van der Waals surface area contributed by atoms with Crippen LogP contribution in [0.1, 0.15) is 65.7 Å². The zero-order chi connectivity index (χ0) is 21.2. The van der Waals surface area contributed by atoms with E-state index in [1.807, 2.05) is 0 Å². The van der Waals surface area contributed by atoms with Crippen molar-refractivity contribution in [2.45, 2.75) is 77.5 Å². The molecular weight excluding hydrogens is 439 g/mol. The second-order valence-corrected chi connectivity index (χ2v) is 10.6. The topological polar surface area (TPSA) is 60.4 Å². The Kier molecular flexibility index (Phi) is 5.12. The molecule has 4 rings (SSSR count). The molecule has 0 amide bonds. The molecular formula is C23H30BrFO4. The Bertz CT molecular complexity index is 794. The number of carbonyl (C=O) groups is 3. The van der Waals surface area contributed by atoms with Crippen molar-refractivity contribution in [1.82, 2.24) is 0 Å². The maximum atomic E-state index is 15.3. The Hall–Kier alpha value is -1.04. The predicted molar refractivity (Wildman–Crippen MR) is 110 cm³/mol. The molecule has 0 radical (unpaired) electrons. The predicted octanol–water partition coefficient (Wildman–Crippen LogP) is 4.73. The summed E-state index contributed by atoms with van der Waals surface area (Å²) >= 11 is 3.15. The van der Waals surface area contributed by atoms with Crippen LogP contribution in [0, 0.1) is 28.6 Å². The number of ether oxygens (including phenoxy) is 1. The third-order valence-electron chi connectivity index (χ3n) is 9.02. The van der Waals surface area contributed by atoms with E-state index in [0.29, 0.717) is 37.2 Å². The van der Waals surface area contributed by atoms with Gasteiger partial charge in [-0.3, -0.25) is 14.4 Å². The van der Waals surface area contributed by atoms with Crippen molar-refractivity contribution in [3.8, 4) is 0 Å². The average molecular weight is 469 g/mol. The van der Waals surface area contributed by atoms with Crippen molar-refractivity contribution >= 4 is 33.5 Å². The summed E-state index contributed by atoms with van der Waals surface area (Å²) in [4.78, 5) is 37.0. The van der Waals surface area contributed by atoms with Gasteiger partial charge < -0.3 is 4.74 Å². The van der Waals surface area contributed by atoms with Gasteiger partial charge in [0, 0.05) is 11.8 Å². The largest absolute Gasteiger partial charge is 0.450 e. The van der Waals surface area contributed by atoms with Crippen molar-refractivity contribution in [1.29, 1.82) is 0 Å². The number of halogens is 2. The average Bonchev–Trinajstić information content (AvgIpc) is 2.97. The molecule has 0 unspecified atom stereocenters. The third-order valence-corrected chi connectivity index (χ3v) is 9.48. The molecule has 0 aromatic rings. The van der Waals surface area contributed by atoms with Crippen LogP contribution in [0.15, 0.2) is 11.6 Å². The number of carbonyl (C=O) groups excluding carboxylic acids is 3. The maximum absolute atomic E-state index is 15.3. The van der Waals surface area contributed by atoms with Gasteiger partial charge in [0.2, 0.25) is 0 Å². The number of ketones is 2. The van der Waals surface area contributed by atoms with Gasteiger partial charge in [-0.1, -0.05) is 29.8 Å². The first-order valence-electron chi connectivity index (χ1n) is 10.8. The molecule has 4 aliphatic rings. The lowest BCUT2D eigenvalue weighted by atomic mass is 9.46. The molecule has 4 nitrogen and oxygen atoms in total. The number of hydrogen-bond donors (Lipinski definition) is 0. The van der Waals surface area contributed by atoms with E-state index in [-0.39, 0.29) is 34.1 Å². The van der Waals surface area contributed by atoms with Crippen molar-refractivity contribution in [3.05, 3.63) is 11.6 Å². The molecule has 0 aromatic heterocycles. The number of rotatable bonds is 3.